The van der Waals surface area contributed by atoms with Crippen molar-refractivity contribution in [3.8, 4) is 0 Å². The molecule has 2 N–H and O–H groups in total. The maximum Gasteiger partial charge on any atom is 0.321 e. The smallest absolute Gasteiger partial charge is 0.321 e. The number of sulfonamides is 1. The number of ether oxygens (including phenoxy) is 1. The van der Waals surface area contributed by atoms with Gasteiger partial charge in [0.1, 0.15) is 6.04 Å². The van der Waals surface area contributed by atoms with Gasteiger partial charge in [-0.15, -0.1) is 0 Å². The van der Waals surface area contributed by atoms with Crippen molar-refractivity contribution >= 4 is 16.0 Å². The highest BCUT2D eigenvalue weighted by atomic mass is 32.2. The molecule has 6 nitrogen and oxygen atoms in total. The Morgan fingerprint density at radius 3 is 2.76 bits per heavy atom. The topological polar surface area (TPSA) is 92.7 Å². The molecule has 0 aromatic rings. The minimum atomic E-state index is -3.54. The van der Waals surface area contributed by atoms with E-state index in [2.05, 4.69) is 4.72 Å². The van der Waals surface area contributed by atoms with Gasteiger partial charge >= 0.3 is 5.97 Å². The first-order chi connectivity index (χ1) is 7.94. The molecule has 1 aliphatic heterocycles. The number of rotatable bonds is 7. The predicted molar refractivity (Wildman–Crippen MR) is 62.2 cm³/mol. The number of carboxylic acid groups (broad SMARTS) is 1. The van der Waals surface area contributed by atoms with Crippen LogP contribution in [0.2, 0.25) is 0 Å². The molecule has 0 aromatic heterocycles. The molecule has 1 saturated heterocycles. The Morgan fingerprint density at radius 2 is 2.29 bits per heavy atom. The van der Waals surface area contributed by atoms with Gasteiger partial charge < -0.3 is 9.84 Å². The van der Waals surface area contributed by atoms with Crippen molar-refractivity contribution in [1.29, 1.82) is 0 Å². The zero-order valence-electron chi connectivity index (χ0n) is 9.89. The predicted octanol–water partition coefficient (Wildman–Crippen LogP) is 0.196. The summed E-state index contributed by atoms with van der Waals surface area (Å²) in [4.78, 5) is 10.9. The fourth-order valence-electron chi connectivity index (χ4n) is 1.81. The summed E-state index contributed by atoms with van der Waals surface area (Å²) < 4.78 is 30.8. The van der Waals surface area contributed by atoms with Crippen LogP contribution in [0, 0.1) is 5.92 Å². The summed E-state index contributed by atoms with van der Waals surface area (Å²) in [7, 11) is -3.54. The number of hydrogen-bond acceptors (Lipinski definition) is 4. The van der Waals surface area contributed by atoms with Gasteiger partial charge in [-0.25, -0.2) is 13.1 Å². The Balaban J connectivity index is 2.53. The molecule has 0 spiro atoms. The molecule has 2 unspecified atom stereocenters. The van der Waals surface area contributed by atoms with Crippen LogP contribution in [0.25, 0.3) is 0 Å². The molecule has 0 bridgehead atoms. The Bertz CT molecular complexity index is 348. The van der Waals surface area contributed by atoms with Crippen molar-refractivity contribution < 1.29 is 23.1 Å². The van der Waals surface area contributed by atoms with E-state index in [4.69, 9.17) is 9.84 Å². The lowest BCUT2D eigenvalue weighted by Gasteiger charge is -2.15. The summed E-state index contributed by atoms with van der Waals surface area (Å²) in [6, 6.07) is -1.02. The van der Waals surface area contributed by atoms with Crippen molar-refractivity contribution in [1.82, 2.24) is 4.72 Å². The first-order valence-electron chi connectivity index (χ1n) is 5.75. The lowest BCUT2D eigenvalue weighted by atomic mass is 10.2. The molecule has 7 heteroatoms. The van der Waals surface area contributed by atoms with E-state index in [9.17, 15) is 13.2 Å². The van der Waals surface area contributed by atoms with E-state index in [1.165, 1.54) is 0 Å². The molecule has 0 aromatic carbocycles. The second-order valence-electron chi connectivity index (χ2n) is 4.31. The maximum atomic E-state index is 11.7. The normalized spacial score (nSPS) is 22.5. The summed E-state index contributed by atoms with van der Waals surface area (Å²) >= 11 is 0. The highest BCUT2D eigenvalue weighted by molar-refractivity contribution is 7.89. The van der Waals surface area contributed by atoms with Gasteiger partial charge in [-0.3, -0.25) is 4.79 Å². The molecule has 1 fully saturated rings. The summed E-state index contributed by atoms with van der Waals surface area (Å²) in [5.41, 5.74) is 0. The van der Waals surface area contributed by atoms with Gasteiger partial charge in [0, 0.05) is 6.61 Å². The molecule has 100 valence electrons. The molecule has 1 aliphatic rings. The Hall–Kier alpha value is -0.660. The number of hydrogen-bond donors (Lipinski definition) is 2. The average Bonchev–Trinajstić information content (AvgIpc) is 2.68. The fraction of sp³-hybridized carbons (Fsp3) is 0.900. The number of nitrogens with one attached hydrogen (secondary N) is 1. The highest BCUT2D eigenvalue weighted by Gasteiger charge is 2.27. The van der Waals surface area contributed by atoms with Crippen LogP contribution in [0.3, 0.4) is 0 Å². The average molecular weight is 265 g/mol. The first kappa shape index (κ1) is 14.4. The molecule has 2 atom stereocenters. The van der Waals surface area contributed by atoms with Gasteiger partial charge in [0.25, 0.3) is 0 Å². The molecule has 1 heterocycles. The third-order valence-corrected chi connectivity index (χ3v) is 4.23. The van der Waals surface area contributed by atoms with Crippen molar-refractivity contribution in [3.63, 3.8) is 0 Å². The number of aliphatic carboxylic acids is 1. The van der Waals surface area contributed by atoms with Crippen molar-refractivity contribution in [3.05, 3.63) is 0 Å². The molecule has 0 saturated carbocycles. The highest BCUT2D eigenvalue weighted by Crippen LogP contribution is 2.14. The minimum absolute atomic E-state index is 0.0245. The summed E-state index contributed by atoms with van der Waals surface area (Å²) in [6.07, 6.45) is 1.63. The largest absolute Gasteiger partial charge is 0.480 e. The first-order valence-corrected chi connectivity index (χ1v) is 7.40. The van der Waals surface area contributed by atoms with Crippen LogP contribution in [0.1, 0.15) is 26.2 Å². The molecule has 0 radical (unpaired) electrons. The van der Waals surface area contributed by atoms with Gasteiger partial charge in [0.2, 0.25) is 10.0 Å². The molecule has 0 aliphatic carbocycles. The Labute approximate surface area is 101 Å². The van der Waals surface area contributed by atoms with Crippen LogP contribution in [0.5, 0.6) is 0 Å². The van der Waals surface area contributed by atoms with E-state index in [1.54, 1.807) is 0 Å². The minimum Gasteiger partial charge on any atom is -0.480 e. The van der Waals surface area contributed by atoms with Crippen LogP contribution in [-0.2, 0) is 19.6 Å². The van der Waals surface area contributed by atoms with E-state index >= 15 is 0 Å². The zero-order chi connectivity index (χ0) is 12.9. The van der Waals surface area contributed by atoms with E-state index in [1.807, 2.05) is 6.92 Å². The summed E-state index contributed by atoms with van der Waals surface area (Å²) in [5, 5.41) is 8.88. The lowest BCUT2D eigenvalue weighted by Crippen LogP contribution is -2.42. The van der Waals surface area contributed by atoms with E-state index in [0.29, 0.717) is 32.5 Å². The van der Waals surface area contributed by atoms with Gasteiger partial charge in [-0.2, -0.15) is 0 Å². The third-order valence-electron chi connectivity index (χ3n) is 2.68. The van der Waals surface area contributed by atoms with E-state index < -0.39 is 22.0 Å². The van der Waals surface area contributed by atoms with Gasteiger partial charge in [0.15, 0.2) is 0 Å². The quantitative estimate of drug-likeness (QED) is 0.685. The third kappa shape index (κ3) is 5.01. The maximum absolute atomic E-state index is 11.7. The fourth-order valence-corrected chi connectivity index (χ4v) is 3.44. The molecule has 0 amide bonds. The van der Waals surface area contributed by atoms with E-state index in [0.717, 1.165) is 0 Å². The zero-order valence-corrected chi connectivity index (χ0v) is 10.7. The van der Waals surface area contributed by atoms with Crippen LogP contribution < -0.4 is 4.72 Å². The van der Waals surface area contributed by atoms with Gasteiger partial charge in [-0.05, 0) is 18.8 Å². The van der Waals surface area contributed by atoms with Crippen molar-refractivity contribution in [2.45, 2.75) is 32.2 Å². The molecular weight excluding hydrogens is 246 g/mol. The summed E-state index contributed by atoms with van der Waals surface area (Å²) in [6.45, 7) is 2.83. The second-order valence-corrected chi connectivity index (χ2v) is 6.11. The van der Waals surface area contributed by atoms with Gasteiger partial charge in [-0.1, -0.05) is 13.3 Å². The standard InChI is InChI=1S/C10H19NO5S/c1-2-3-9(10(12)13)11-17(14,15)7-8-4-5-16-6-8/h8-9,11H,2-7H2,1H3,(H,12,13). The van der Waals surface area contributed by atoms with Crippen LogP contribution >= 0.6 is 0 Å². The molecular formula is C10H19NO5S. The van der Waals surface area contributed by atoms with Gasteiger partial charge in [0.05, 0.1) is 12.4 Å². The number of carbonyl (C=O) groups is 1. The Kier molecular flexibility index (Phi) is 5.35. The van der Waals surface area contributed by atoms with Crippen LogP contribution in [-0.4, -0.2) is 44.5 Å². The van der Waals surface area contributed by atoms with Crippen molar-refractivity contribution in [2.24, 2.45) is 5.92 Å². The Morgan fingerprint density at radius 1 is 1.59 bits per heavy atom. The summed E-state index contributed by atoms with van der Waals surface area (Å²) in [5.74, 6) is -1.21. The second kappa shape index (κ2) is 6.32. The van der Waals surface area contributed by atoms with Crippen molar-refractivity contribution in [2.75, 3.05) is 19.0 Å². The monoisotopic (exact) mass is 265 g/mol. The van der Waals surface area contributed by atoms with Crippen LogP contribution in [0.4, 0.5) is 0 Å². The lowest BCUT2D eigenvalue weighted by molar-refractivity contribution is -0.139. The van der Waals surface area contributed by atoms with E-state index in [-0.39, 0.29) is 11.7 Å². The van der Waals surface area contributed by atoms with Crippen LogP contribution in [0.15, 0.2) is 0 Å². The number of carboxylic acids is 1. The molecule has 17 heavy (non-hydrogen) atoms. The SMILES string of the molecule is CCCC(NS(=O)(=O)CC1CCOC1)C(=O)O. The molecule has 1 rings (SSSR count).